The average molecular weight is 480 g/mol. The van der Waals surface area contributed by atoms with Crippen molar-refractivity contribution in [3.63, 3.8) is 0 Å². The number of nitrogens with zero attached hydrogens (tertiary/aromatic N) is 1. The summed E-state index contributed by atoms with van der Waals surface area (Å²) in [5.41, 5.74) is 12.6. The molecular formula is C29H29N5O2. The first-order valence-electron chi connectivity index (χ1n) is 12.3. The molecule has 0 radical (unpaired) electrons. The van der Waals surface area contributed by atoms with Crippen LogP contribution in [-0.2, 0) is 19.6 Å². The molecule has 7 nitrogen and oxygen atoms in total. The number of H-pyrrole nitrogens is 1. The topological polar surface area (TPSA) is 108 Å². The van der Waals surface area contributed by atoms with E-state index < -0.39 is 0 Å². The predicted molar refractivity (Wildman–Crippen MR) is 142 cm³/mol. The van der Waals surface area contributed by atoms with Crippen molar-refractivity contribution in [2.75, 3.05) is 6.54 Å². The number of benzene rings is 3. The quantitative estimate of drug-likeness (QED) is 0.229. The standard InChI is InChI=1S/C29H29N5O2/c30-11-3-12-34-13-10-19-7-6-18(14-26(19)34)16-31-17-25-27(22-4-1-2-5-24(22)32-25)28-23-15-20(35)8-9-21(23)29(36)33-28/h1-2,4-10,13-15,28,31-32,35H,3,11-12,16-17,30H2,(H,33,36). The monoisotopic (exact) mass is 479 g/mol. The Kier molecular flexibility index (Phi) is 5.71. The van der Waals surface area contributed by atoms with Crippen molar-refractivity contribution in [1.82, 2.24) is 20.2 Å². The summed E-state index contributed by atoms with van der Waals surface area (Å²) in [7, 11) is 0. The van der Waals surface area contributed by atoms with Gasteiger partial charge < -0.3 is 31.0 Å². The predicted octanol–water partition coefficient (Wildman–Crippen LogP) is 4.30. The van der Waals surface area contributed by atoms with Crippen molar-refractivity contribution in [2.45, 2.75) is 32.1 Å². The molecule has 2 aromatic heterocycles. The van der Waals surface area contributed by atoms with Crippen LogP contribution in [0.3, 0.4) is 0 Å². The van der Waals surface area contributed by atoms with Gasteiger partial charge in [-0.15, -0.1) is 0 Å². The maximum absolute atomic E-state index is 12.7. The molecule has 0 bridgehead atoms. The molecule has 1 aliphatic rings. The Bertz CT molecular complexity index is 1580. The van der Waals surface area contributed by atoms with Gasteiger partial charge in [0, 0.05) is 59.1 Å². The number of nitrogens with two attached hydrogens (primary N) is 1. The minimum Gasteiger partial charge on any atom is -0.508 e. The molecule has 5 aromatic rings. The first kappa shape index (κ1) is 22.4. The van der Waals surface area contributed by atoms with Crippen LogP contribution in [-0.4, -0.2) is 27.1 Å². The van der Waals surface area contributed by atoms with Crippen molar-refractivity contribution in [3.05, 3.63) is 101 Å². The highest BCUT2D eigenvalue weighted by molar-refractivity contribution is 6.01. The number of hydrogen-bond donors (Lipinski definition) is 5. The number of amides is 1. The molecule has 0 fully saturated rings. The van der Waals surface area contributed by atoms with Gasteiger partial charge in [0.15, 0.2) is 0 Å². The molecule has 3 aromatic carbocycles. The SMILES string of the molecule is NCCCn1ccc2ccc(CNCc3[nH]c4ccccc4c3C3NC(=O)c4ccc(O)cc43)cc21. The lowest BCUT2D eigenvalue weighted by Crippen LogP contribution is -2.22. The van der Waals surface area contributed by atoms with Gasteiger partial charge >= 0.3 is 0 Å². The normalized spacial score (nSPS) is 15.0. The van der Waals surface area contributed by atoms with Gasteiger partial charge in [0.2, 0.25) is 0 Å². The van der Waals surface area contributed by atoms with E-state index in [2.05, 4.69) is 56.7 Å². The molecule has 7 heteroatoms. The molecule has 0 saturated carbocycles. The van der Waals surface area contributed by atoms with Gasteiger partial charge in [0.05, 0.1) is 6.04 Å². The summed E-state index contributed by atoms with van der Waals surface area (Å²) in [6.45, 7) is 2.91. The van der Waals surface area contributed by atoms with Crippen LogP contribution in [0, 0.1) is 0 Å². The first-order chi connectivity index (χ1) is 17.6. The highest BCUT2D eigenvalue weighted by Gasteiger charge is 2.33. The summed E-state index contributed by atoms with van der Waals surface area (Å²) in [5.74, 6) is 0.0338. The second kappa shape index (κ2) is 9.18. The molecule has 1 unspecified atom stereocenters. The van der Waals surface area contributed by atoms with Gasteiger partial charge in [-0.2, -0.15) is 0 Å². The average Bonchev–Trinajstić information content (AvgIpc) is 3.55. The van der Waals surface area contributed by atoms with Gasteiger partial charge in [0.25, 0.3) is 5.91 Å². The second-order valence-corrected chi connectivity index (χ2v) is 9.39. The fraction of sp³-hybridized carbons (Fsp3) is 0.207. The van der Waals surface area contributed by atoms with E-state index in [9.17, 15) is 9.90 Å². The number of carbonyl (C=O) groups is 1. The molecule has 1 aliphatic heterocycles. The number of aryl methyl sites for hydroxylation is 1. The molecule has 36 heavy (non-hydrogen) atoms. The van der Waals surface area contributed by atoms with Crippen LogP contribution < -0.4 is 16.4 Å². The number of phenols is 1. The Hall–Kier alpha value is -4.07. The maximum Gasteiger partial charge on any atom is 0.252 e. The van der Waals surface area contributed by atoms with Crippen molar-refractivity contribution in [3.8, 4) is 5.75 Å². The first-order valence-corrected chi connectivity index (χ1v) is 12.3. The minimum atomic E-state index is -0.324. The summed E-state index contributed by atoms with van der Waals surface area (Å²) in [5, 5.41) is 19.1. The number of para-hydroxylation sites is 1. The number of aromatic hydroxyl groups is 1. The summed E-state index contributed by atoms with van der Waals surface area (Å²) < 4.78 is 2.26. The second-order valence-electron chi connectivity index (χ2n) is 9.39. The van der Waals surface area contributed by atoms with Crippen LogP contribution in [0.5, 0.6) is 5.75 Å². The lowest BCUT2D eigenvalue weighted by molar-refractivity contribution is 0.0960. The lowest BCUT2D eigenvalue weighted by atomic mass is 9.95. The van der Waals surface area contributed by atoms with Crippen molar-refractivity contribution in [1.29, 1.82) is 0 Å². The van der Waals surface area contributed by atoms with E-state index >= 15 is 0 Å². The molecule has 0 saturated heterocycles. The van der Waals surface area contributed by atoms with Crippen molar-refractivity contribution < 1.29 is 9.90 Å². The third kappa shape index (κ3) is 3.92. The Morgan fingerprint density at radius 2 is 1.92 bits per heavy atom. The van der Waals surface area contributed by atoms with Crippen molar-refractivity contribution >= 4 is 27.7 Å². The number of aromatic nitrogens is 2. The number of hydrogen-bond acceptors (Lipinski definition) is 4. The van der Waals surface area contributed by atoms with E-state index in [4.69, 9.17) is 5.73 Å². The van der Waals surface area contributed by atoms with Crippen LogP contribution in [0.2, 0.25) is 0 Å². The number of aromatic amines is 1. The molecule has 1 atom stereocenters. The molecule has 0 spiro atoms. The Morgan fingerprint density at radius 1 is 1.03 bits per heavy atom. The Labute approximate surface area is 208 Å². The third-order valence-corrected chi connectivity index (χ3v) is 7.06. The fourth-order valence-corrected chi connectivity index (χ4v) is 5.33. The summed E-state index contributed by atoms with van der Waals surface area (Å²) in [4.78, 5) is 16.2. The number of phenolic OH excluding ortho intramolecular Hbond substituents is 1. The summed E-state index contributed by atoms with van der Waals surface area (Å²) >= 11 is 0. The zero-order valence-electron chi connectivity index (χ0n) is 19.9. The van der Waals surface area contributed by atoms with Gasteiger partial charge in [-0.1, -0.05) is 30.3 Å². The van der Waals surface area contributed by atoms with E-state index in [1.54, 1.807) is 18.2 Å². The highest BCUT2D eigenvalue weighted by Crippen LogP contribution is 2.38. The Morgan fingerprint density at radius 3 is 2.81 bits per heavy atom. The fourth-order valence-electron chi connectivity index (χ4n) is 5.33. The van der Waals surface area contributed by atoms with Gasteiger partial charge in [-0.25, -0.2) is 0 Å². The van der Waals surface area contributed by atoms with E-state index in [0.29, 0.717) is 25.2 Å². The van der Waals surface area contributed by atoms with Gasteiger partial charge in [-0.3, -0.25) is 4.79 Å². The van der Waals surface area contributed by atoms with Crippen LogP contribution in [0.4, 0.5) is 0 Å². The van der Waals surface area contributed by atoms with Crippen LogP contribution in [0.1, 0.15) is 45.2 Å². The largest absolute Gasteiger partial charge is 0.508 e. The summed E-state index contributed by atoms with van der Waals surface area (Å²) in [6.07, 6.45) is 3.08. The smallest absolute Gasteiger partial charge is 0.252 e. The number of fused-ring (bicyclic) bond motifs is 3. The van der Waals surface area contributed by atoms with Gasteiger partial charge in [0.1, 0.15) is 5.75 Å². The minimum absolute atomic E-state index is 0.120. The highest BCUT2D eigenvalue weighted by atomic mass is 16.3. The van der Waals surface area contributed by atoms with E-state index in [1.165, 1.54) is 16.5 Å². The summed E-state index contributed by atoms with van der Waals surface area (Å²) in [6, 6.07) is 21.4. The zero-order chi connectivity index (χ0) is 24.6. The third-order valence-electron chi connectivity index (χ3n) is 7.06. The molecule has 0 aliphatic carbocycles. The lowest BCUT2D eigenvalue weighted by Gasteiger charge is -2.15. The van der Waals surface area contributed by atoms with Crippen LogP contribution >= 0.6 is 0 Å². The Balaban J connectivity index is 1.28. The zero-order valence-corrected chi connectivity index (χ0v) is 19.9. The maximum atomic E-state index is 12.7. The van der Waals surface area contributed by atoms with E-state index in [1.807, 2.05) is 18.2 Å². The van der Waals surface area contributed by atoms with Crippen molar-refractivity contribution in [2.24, 2.45) is 5.73 Å². The molecule has 3 heterocycles. The van der Waals surface area contributed by atoms with Crippen LogP contribution in [0.15, 0.2) is 72.9 Å². The van der Waals surface area contributed by atoms with E-state index in [-0.39, 0.29) is 17.7 Å². The molecular weight excluding hydrogens is 450 g/mol. The molecule has 6 N–H and O–H groups in total. The molecule has 6 rings (SSSR count). The van der Waals surface area contributed by atoms with Crippen LogP contribution in [0.25, 0.3) is 21.8 Å². The number of rotatable bonds is 8. The van der Waals surface area contributed by atoms with Gasteiger partial charge in [-0.05, 0) is 65.9 Å². The number of nitrogens with one attached hydrogen (secondary N) is 3. The van der Waals surface area contributed by atoms with E-state index in [0.717, 1.165) is 40.7 Å². The number of carbonyl (C=O) groups excluding carboxylic acids is 1. The molecule has 182 valence electrons. The molecule has 1 amide bonds.